The number of aromatic nitrogens is 4. The summed E-state index contributed by atoms with van der Waals surface area (Å²) in [7, 11) is 3.95. The molecule has 0 aliphatic carbocycles. The maximum atomic E-state index is 4.50. The summed E-state index contributed by atoms with van der Waals surface area (Å²) in [5.41, 5.74) is 4.30. The highest BCUT2D eigenvalue weighted by Crippen LogP contribution is 2.16. The minimum atomic E-state index is 0.634. The number of hydrogen-bond acceptors (Lipinski definition) is 5. The van der Waals surface area contributed by atoms with E-state index in [-0.39, 0.29) is 0 Å². The van der Waals surface area contributed by atoms with Crippen molar-refractivity contribution in [2.24, 2.45) is 0 Å². The molecule has 2 aromatic heterocycles. The lowest BCUT2D eigenvalue weighted by atomic mass is 10.2. The maximum absolute atomic E-state index is 4.50. The molecule has 0 saturated heterocycles. The lowest BCUT2D eigenvalue weighted by molar-refractivity contribution is 0.983. The summed E-state index contributed by atoms with van der Waals surface area (Å²) >= 11 is 0. The molecule has 102 valence electrons. The van der Waals surface area contributed by atoms with E-state index in [1.165, 1.54) is 0 Å². The van der Waals surface area contributed by atoms with Gasteiger partial charge in [0.05, 0.1) is 5.69 Å². The molecular weight excluding hydrogens is 240 g/mol. The van der Waals surface area contributed by atoms with Crippen molar-refractivity contribution in [1.29, 1.82) is 0 Å². The van der Waals surface area contributed by atoms with E-state index in [1.54, 1.807) is 0 Å². The second-order valence-corrected chi connectivity index (χ2v) is 4.86. The van der Waals surface area contributed by atoms with E-state index in [9.17, 15) is 0 Å². The second-order valence-electron chi connectivity index (χ2n) is 4.86. The van der Waals surface area contributed by atoms with Gasteiger partial charge < -0.3 is 10.2 Å². The van der Waals surface area contributed by atoms with Crippen LogP contribution in [0.1, 0.15) is 22.5 Å². The molecule has 0 fully saturated rings. The summed E-state index contributed by atoms with van der Waals surface area (Å²) < 4.78 is 0. The lowest BCUT2D eigenvalue weighted by Gasteiger charge is -2.15. The van der Waals surface area contributed by atoms with Gasteiger partial charge in [0, 0.05) is 43.7 Å². The van der Waals surface area contributed by atoms with E-state index in [1.807, 2.05) is 46.0 Å². The van der Waals surface area contributed by atoms with Crippen LogP contribution in [0.25, 0.3) is 0 Å². The number of hydrogen-bond donors (Lipinski definition) is 2. The topological polar surface area (TPSA) is 69.7 Å². The molecule has 2 N–H and O–H groups in total. The van der Waals surface area contributed by atoms with Gasteiger partial charge in [-0.1, -0.05) is 0 Å². The number of nitrogens with one attached hydrogen (secondary N) is 2. The molecule has 0 radical (unpaired) electrons. The Hall–Kier alpha value is -2.11. The van der Waals surface area contributed by atoms with Crippen LogP contribution in [0.2, 0.25) is 0 Å². The largest absolute Gasteiger partial charge is 0.362 e. The smallest absolute Gasteiger partial charge is 0.224 e. The van der Waals surface area contributed by atoms with Crippen LogP contribution in [0, 0.1) is 20.8 Å². The van der Waals surface area contributed by atoms with E-state index in [2.05, 4.69) is 25.5 Å². The van der Waals surface area contributed by atoms with Gasteiger partial charge in [-0.3, -0.25) is 5.10 Å². The van der Waals surface area contributed by atoms with Gasteiger partial charge in [-0.15, -0.1) is 0 Å². The predicted molar refractivity (Wildman–Crippen MR) is 76.5 cm³/mol. The van der Waals surface area contributed by atoms with Gasteiger partial charge in [0.25, 0.3) is 0 Å². The number of nitrogens with zero attached hydrogens (tertiary/aromatic N) is 4. The monoisotopic (exact) mass is 260 g/mol. The fourth-order valence-electron chi connectivity index (χ4n) is 1.97. The summed E-state index contributed by atoms with van der Waals surface area (Å²) in [4.78, 5) is 10.8. The minimum absolute atomic E-state index is 0.634. The standard InChI is InChI=1S/C13H20N6/c1-8-6-14-13(16-12(8)19(4)5)15-7-11-9(2)17-18-10(11)3/h6H,7H2,1-5H3,(H,17,18)(H,14,15,16). The molecule has 2 heterocycles. The average Bonchev–Trinajstić information content (AvgIpc) is 2.68. The molecule has 0 saturated carbocycles. The van der Waals surface area contributed by atoms with Crippen molar-refractivity contribution in [3.8, 4) is 0 Å². The molecule has 6 nitrogen and oxygen atoms in total. The molecule has 6 heteroatoms. The first-order chi connectivity index (χ1) is 8.99. The van der Waals surface area contributed by atoms with E-state index in [0.717, 1.165) is 28.3 Å². The highest BCUT2D eigenvalue weighted by molar-refractivity contribution is 5.47. The van der Waals surface area contributed by atoms with Crippen LogP contribution in [0.5, 0.6) is 0 Å². The van der Waals surface area contributed by atoms with Crippen molar-refractivity contribution in [2.45, 2.75) is 27.3 Å². The zero-order valence-corrected chi connectivity index (χ0v) is 12.1. The number of rotatable bonds is 4. The van der Waals surface area contributed by atoms with Crippen molar-refractivity contribution >= 4 is 11.8 Å². The van der Waals surface area contributed by atoms with Crippen molar-refractivity contribution in [1.82, 2.24) is 20.2 Å². The van der Waals surface area contributed by atoms with Crippen molar-refractivity contribution in [3.63, 3.8) is 0 Å². The quantitative estimate of drug-likeness (QED) is 0.877. The molecule has 0 spiro atoms. The van der Waals surface area contributed by atoms with E-state index in [0.29, 0.717) is 12.5 Å². The third kappa shape index (κ3) is 2.83. The van der Waals surface area contributed by atoms with Gasteiger partial charge in [0.2, 0.25) is 5.95 Å². The van der Waals surface area contributed by atoms with E-state index in [4.69, 9.17) is 0 Å². The third-order valence-electron chi connectivity index (χ3n) is 3.07. The fraction of sp³-hybridized carbons (Fsp3) is 0.462. The number of anilines is 2. The summed E-state index contributed by atoms with van der Waals surface area (Å²) in [6.45, 7) is 6.67. The van der Waals surface area contributed by atoms with Crippen LogP contribution >= 0.6 is 0 Å². The molecule has 2 aromatic rings. The highest BCUT2D eigenvalue weighted by Gasteiger charge is 2.08. The van der Waals surface area contributed by atoms with Gasteiger partial charge in [0.15, 0.2) is 0 Å². The molecule has 0 aromatic carbocycles. The molecular formula is C13H20N6. The highest BCUT2D eigenvalue weighted by atomic mass is 15.2. The zero-order chi connectivity index (χ0) is 14.0. The summed E-state index contributed by atoms with van der Waals surface area (Å²) in [5, 5.41) is 10.4. The number of aromatic amines is 1. The van der Waals surface area contributed by atoms with Gasteiger partial charge in [-0.05, 0) is 20.8 Å². The van der Waals surface area contributed by atoms with Crippen LogP contribution in [0.15, 0.2) is 6.20 Å². The number of H-pyrrole nitrogens is 1. The summed E-state index contributed by atoms with van der Waals surface area (Å²) in [6, 6.07) is 0. The first-order valence-corrected chi connectivity index (χ1v) is 6.24. The van der Waals surface area contributed by atoms with Crippen LogP contribution in [0.3, 0.4) is 0 Å². The third-order valence-corrected chi connectivity index (χ3v) is 3.07. The van der Waals surface area contributed by atoms with Crippen molar-refractivity contribution in [3.05, 3.63) is 28.7 Å². The number of aryl methyl sites for hydroxylation is 3. The summed E-state index contributed by atoms with van der Waals surface area (Å²) in [5.74, 6) is 1.56. The van der Waals surface area contributed by atoms with Gasteiger partial charge in [-0.2, -0.15) is 10.1 Å². The first kappa shape index (κ1) is 13.3. The molecule has 0 amide bonds. The van der Waals surface area contributed by atoms with Crippen LogP contribution in [-0.2, 0) is 6.54 Å². The molecule has 19 heavy (non-hydrogen) atoms. The lowest BCUT2D eigenvalue weighted by Crippen LogP contribution is -2.14. The van der Waals surface area contributed by atoms with Gasteiger partial charge in [-0.25, -0.2) is 4.98 Å². The Morgan fingerprint density at radius 1 is 1.26 bits per heavy atom. The van der Waals surface area contributed by atoms with Crippen molar-refractivity contribution < 1.29 is 0 Å². The Labute approximate surface area is 113 Å². The first-order valence-electron chi connectivity index (χ1n) is 6.24. The van der Waals surface area contributed by atoms with Gasteiger partial charge >= 0.3 is 0 Å². The molecule has 0 bridgehead atoms. The minimum Gasteiger partial charge on any atom is -0.362 e. The second kappa shape index (κ2) is 5.26. The molecule has 0 atom stereocenters. The summed E-state index contributed by atoms with van der Waals surface area (Å²) in [6.07, 6.45) is 1.83. The maximum Gasteiger partial charge on any atom is 0.224 e. The average molecular weight is 260 g/mol. The Kier molecular flexibility index (Phi) is 3.69. The van der Waals surface area contributed by atoms with E-state index < -0.39 is 0 Å². The SMILES string of the molecule is Cc1cnc(NCc2c(C)n[nH]c2C)nc1N(C)C. The van der Waals surface area contributed by atoms with E-state index >= 15 is 0 Å². The molecule has 0 aliphatic rings. The van der Waals surface area contributed by atoms with Crippen LogP contribution in [0.4, 0.5) is 11.8 Å². The van der Waals surface area contributed by atoms with Gasteiger partial charge in [0.1, 0.15) is 5.82 Å². The Morgan fingerprint density at radius 3 is 2.58 bits per heavy atom. The Morgan fingerprint density at radius 2 is 2.00 bits per heavy atom. The normalized spacial score (nSPS) is 10.6. The van der Waals surface area contributed by atoms with Crippen molar-refractivity contribution in [2.75, 3.05) is 24.3 Å². The molecule has 0 aliphatic heterocycles. The predicted octanol–water partition coefficient (Wildman–Crippen LogP) is 1.80. The van der Waals surface area contributed by atoms with Crippen LogP contribution < -0.4 is 10.2 Å². The Balaban J connectivity index is 2.14. The molecule has 0 unspecified atom stereocenters. The van der Waals surface area contributed by atoms with Crippen LogP contribution in [-0.4, -0.2) is 34.3 Å². The fourth-order valence-corrected chi connectivity index (χ4v) is 1.97. The zero-order valence-electron chi connectivity index (χ0n) is 12.1. The Bertz CT molecular complexity index is 553. The molecule has 2 rings (SSSR count).